The summed E-state index contributed by atoms with van der Waals surface area (Å²) in [6.45, 7) is 14.3. The first kappa shape index (κ1) is 35.2. The van der Waals surface area contributed by atoms with Crippen LogP contribution >= 0.6 is 0 Å². The van der Waals surface area contributed by atoms with Gasteiger partial charge in [-0.3, -0.25) is 24.0 Å². The Morgan fingerprint density at radius 3 is 1.82 bits per heavy atom. The molecule has 10 heteroatoms. The van der Waals surface area contributed by atoms with Gasteiger partial charge in [0.1, 0.15) is 6.04 Å². The van der Waals surface area contributed by atoms with Gasteiger partial charge < -0.3 is 19.0 Å². The maximum Gasteiger partial charge on any atom is 0.329 e. The lowest BCUT2D eigenvalue weighted by atomic mass is 9.99. The predicted molar refractivity (Wildman–Crippen MR) is 149 cm³/mol. The van der Waals surface area contributed by atoms with Crippen molar-refractivity contribution in [1.29, 1.82) is 0 Å². The van der Waals surface area contributed by atoms with Crippen molar-refractivity contribution in [2.45, 2.75) is 67.3 Å². The van der Waals surface area contributed by atoms with E-state index in [4.69, 9.17) is 9.47 Å². The summed E-state index contributed by atoms with van der Waals surface area (Å²) in [4.78, 5) is 68.4. The second-order valence-corrected chi connectivity index (χ2v) is 9.61. The minimum atomic E-state index is -0.688. The number of carbonyl (C=O) groups is 4. The molecule has 0 bridgehead atoms. The maximum atomic E-state index is 12.0. The zero-order chi connectivity index (χ0) is 30.0. The fraction of sp³-hybridized carbons (Fsp3) is 0.517. The van der Waals surface area contributed by atoms with Gasteiger partial charge in [-0.15, -0.1) is 0 Å². The third kappa shape index (κ3) is 14.6. The van der Waals surface area contributed by atoms with Gasteiger partial charge in [-0.1, -0.05) is 34.6 Å². The van der Waals surface area contributed by atoms with E-state index in [9.17, 15) is 28.8 Å². The predicted octanol–water partition coefficient (Wildman–Crippen LogP) is 4.23. The molecule has 0 saturated carbocycles. The molecule has 0 aliphatic carbocycles. The zero-order valence-electron chi connectivity index (χ0n) is 24.0. The van der Waals surface area contributed by atoms with Crippen molar-refractivity contribution >= 4 is 24.5 Å². The minimum absolute atomic E-state index is 0.0509. The van der Waals surface area contributed by atoms with E-state index in [1.807, 2.05) is 27.7 Å². The number of pyridine rings is 2. The molecule has 2 atom stereocenters. The third-order valence-corrected chi connectivity index (χ3v) is 5.14. The Bertz CT molecular complexity index is 1130. The van der Waals surface area contributed by atoms with E-state index in [1.165, 1.54) is 41.2 Å². The first-order chi connectivity index (χ1) is 18.4. The molecule has 0 fully saturated rings. The molecule has 0 saturated heterocycles. The Morgan fingerprint density at radius 2 is 1.36 bits per heavy atom. The molecule has 10 nitrogen and oxygen atoms in total. The topological polar surface area (TPSA) is 142 Å². The summed E-state index contributed by atoms with van der Waals surface area (Å²) in [6, 6.07) is 4.81. The van der Waals surface area contributed by atoms with Crippen LogP contribution in [0.4, 0.5) is 0 Å². The number of aldehydes is 2. The van der Waals surface area contributed by atoms with E-state index in [-0.39, 0.29) is 35.5 Å². The van der Waals surface area contributed by atoms with Crippen molar-refractivity contribution < 1.29 is 28.7 Å². The van der Waals surface area contributed by atoms with E-state index in [0.717, 1.165) is 6.42 Å². The van der Waals surface area contributed by atoms with Crippen molar-refractivity contribution in [3.05, 3.63) is 68.5 Å². The summed E-state index contributed by atoms with van der Waals surface area (Å²) in [5.41, 5.74) is 0.331. The molecular weight excluding hydrogens is 504 g/mol. The Labute approximate surface area is 229 Å². The molecule has 2 heterocycles. The Kier molecular flexibility index (Phi) is 17.4. The van der Waals surface area contributed by atoms with Crippen molar-refractivity contribution in [3.8, 4) is 0 Å². The van der Waals surface area contributed by atoms with Gasteiger partial charge >= 0.3 is 11.9 Å². The molecular formula is C29H42N2O8. The number of esters is 2. The molecule has 0 aromatic carbocycles. The van der Waals surface area contributed by atoms with E-state index >= 15 is 0 Å². The number of ether oxygens (including phenoxy) is 2. The van der Waals surface area contributed by atoms with Gasteiger partial charge in [0.05, 0.1) is 19.1 Å². The lowest BCUT2D eigenvalue weighted by molar-refractivity contribution is -0.148. The lowest BCUT2D eigenvalue weighted by Crippen LogP contribution is -2.31. The summed E-state index contributed by atoms with van der Waals surface area (Å²) in [5, 5.41) is 0. The van der Waals surface area contributed by atoms with E-state index in [0.29, 0.717) is 42.6 Å². The van der Waals surface area contributed by atoms with Gasteiger partial charge in [-0.25, -0.2) is 4.79 Å². The van der Waals surface area contributed by atoms with Crippen LogP contribution in [0.15, 0.2) is 46.2 Å². The molecule has 0 radical (unpaired) electrons. The van der Waals surface area contributed by atoms with E-state index < -0.39 is 12.0 Å². The maximum absolute atomic E-state index is 12.0. The van der Waals surface area contributed by atoms with Crippen LogP contribution < -0.4 is 11.1 Å². The fourth-order valence-electron chi connectivity index (χ4n) is 3.43. The number of aromatic amines is 1. The van der Waals surface area contributed by atoms with Crippen molar-refractivity contribution in [3.63, 3.8) is 0 Å². The molecule has 39 heavy (non-hydrogen) atoms. The molecule has 0 spiro atoms. The molecule has 2 unspecified atom stereocenters. The highest BCUT2D eigenvalue weighted by molar-refractivity contribution is 5.76. The fourth-order valence-corrected chi connectivity index (χ4v) is 3.43. The Balaban J connectivity index is 0.000000611. The number of hydrogen-bond donors (Lipinski definition) is 1. The summed E-state index contributed by atoms with van der Waals surface area (Å²) in [7, 11) is 0. The van der Waals surface area contributed by atoms with E-state index in [1.54, 1.807) is 6.92 Å². The summed E-state index contributed by atoms with van der Waals surface area (Å²) in [6.07, 6.45) is 5.50. The Hall–Kier alpha value is -3.82. The quantitative estimate of drug-likeness (QED) is 0.326. The van der Waals surface area contributed by atoms with Crippen LogP contribution in [0, 0.1) is 17.8 Å². The van der Waals surface area contributed by atoms with Crippen molar-refractivity contribution in [2.75, 3.05) is 13.2 Å². The summed E-state index contributed by atoms with van der Waals surface area (Å²) < 4.78 is 11.1. The molecule has 0 aliphatic heterocycles. The van der Waals surface area contributed by atoms with Crippen LogP contribution in [0.1, 0.15) is 88.1 Å². The second kappa shape index (κ2) is 19.3. The highest BCUT2D eigenvalue weighted by Gasteiger charge is 2.24. The summed E-state index contributed by atoms with van der Waals surface area (Å²) >= 11 is 0. The molecule has 0 aliphatic rings. The molecule has 0 amide bonds. The number of rotatable bonds is 11. The number of carbonyl (C=O) groups excluding carboxylic acids is 4. The molecule has 2 aromatic heterocycles. The van der Waals surface area contributed by atoms with Gasteiger partial charge in [-0.05, 0) is 50.7 Å². The van der Waals surface area contributed by atoms with Crippen LogP contribution in [0.2, 0.25) is 0 Å². The van der Waals surface area contributed by atoms with Crippen LogP contribution in [-0.4, -0.2) is 47.3 Å². The first-order valence-electron chi connectivity index (χ1n) is 13.0. The largest absolute Gasteiger partial charge is 0.466 e. The van der Waals surface area contributed by atoms with Gasteiger partial charge in [0.25, 0.3) is 5.56 Å². The van der Waals surface area contributed by atoms with Crippen molar-refractivity contribution in [1.82, 2.24) is 9.55 Å². The number of nitrogens with zero attached hydrogens (tertiary/aromatic N) is 1. The van der Waals surface area contributed by atoms with Crippen LogP contribution in [0.25, 0.3) is 0 Å². The first-order valence-corrected chi connectivity index (χ1v) is 13.0. The van der Waals surface area contributed by atoms with Gasteiger partial charge in [0, 0.05) is 35.7 Å². The highest BCUT2D eigenvalue weighted by atomic mass is 16.5. The summed E-state index contributed by atoms with van der Waals surface area (Å²) in [5.74, 6) is 0.327. The third-order valence-electron chi connectivity index (χ3n) is 5.14. The minimum Gasteiger partial charge on any atom is -0.466 e. The monoisotopic (exact) mass is 546 g/mol. The van der Waals surface area contributed by atoms with Gasteiger partial charge in [0.15, 0.2) is 12.6 Å². The van der Waals surface area contributed by atoms with Crippen LogP contribution in [0.3, 0.4) is 0 Å². The molecule has 216 valence electrons. The SMILES string of the molecule is CCOC(=O)C(C)CC(C)C.CCOC(=O)C(CC(C)C)n1cc(C=O)ccc1=O.O=Cc1ccc(=O)[nH]c1. The van der Waals surface area contributed by atoms with Gasteiger partial charge in [-0.2, -0.15) is 0 Å². The standard InChI is InChI=1S/C14H19NO4.C9H18O2.C6H5NO2/c1-4-19-14(18)12(7-10(2)3)15-8-11(9-16)5-6-13(15)17;1-5-11-9(10)8(4)6-7(2)3;8-4-5-1-2-6(9)7-3-5/h5-6,8-10,12H,4,7H2,1-3H3;7-8H,5-6H2,1-4H3;1-4H,(H,7,9). The lowest BCUT2D eigenvalue weighted by Gasteiger charge is -2.20. The average molecular weight is 547 g/mol. The molecule has 2 rings (SSSR count). The highest BCUT2D eigenvalue weighted by Crippen LogP contribution is 2.18. The molecule has 1 N–H and O–H groups in total. The van der Waals surface area contributed by atoms with Gasteiger partial charge in [0.2, 0.25) is 5.56 Å². The van der Waals surface area contributed by atoms with Crippen LogP contribution in [-0.2, 0) is 19.1 Å². The van der Waals surface area contributed by atoms with Crippen molar-refractivity contribution in [2.24, 2.45) is 17.8 Å². The smallest absolute Gasteiger partial charge is 0.329 e. The average Bonchev–Trinajstić information content (AvgIpc) is 2.89. The zero-order valence-corrected chi connectivity index (χ0v) is 24.0. The number of nitrogens with one attached hydrogen (secondary N) is 1. The normalized spacial score (nSPS) is 11.7. The van der Waals surface area contributed by atoms with Crippen LogP contribution in [0.5, 0.6) is 0 Å². The number of hydrogen-bond acceptors (Lipinski definition) is 8. The second-order valence-electron chi connectivity index (χ2n) is 9.61. The number of aromatic nitrogens is 2. The number of H-pyrrole nitrogens is 1. The van der Waals surface area contributed by atoms with E-state index in [2.05, 4.69) is 18.8 Å². The Morgan fingerprint density at radius 1 is 0.821 bits per heavy atom. The molecule has 2 aromatic rings.